The number of aliphatic hydroxyl groups excluding tert-OH is 1. The summed E-state index contributed by atoms with van der Waals surface area (Å²) in [5.74, 6) is -1.69. The minimum atomic E-state index is -1.63. The third kappa shape index (κ3) is 7.75. The maximum Gasteiger partial charge on any atom is 0.310 e. The summed E-state index contributed by atoms with van der Waals surface area (Å²) in [5.41, 5.74) is 0.00246. The number of rotatable bonds is 10. The number of ether oxygens (including phenoxy) is 1. The van der Waals surface area contributed by atoms with E-state index in [4.69, 9.17) is 4.74 Å². The maximum atomic E-state index is 13.4. The minimum absolute atomic E-state index is 0.0753. The fourth-order valence-electron chi connectivity index (χ4n) is 4.33. The van der Waals surface area contributed by atoms with Gasteiger partial charge >= 0.3 is 5.69 Å². The highest BCUT2D eigenvalue weighted by Crippen LogP contribution is 2.26. The summed E-state index contributed by atoms with van der Waals surface area (Å²) < 4.78 is 5.36. The third-order valence-corrected chi connectivity index (χ3v) is 6.04. The van der Waals surface area contributed by atoms with Gasteiger partial charge in [-0.1, -0.05) is 42.5 Å². The number of nitro groups is 1. The van der Waals surface area contributed by atoms with Gasteiger partial charge in [-0.25, -0.2) is 0 Å². The van der Waals surface area contributed by atoms with E-state index in [0.717, 1.165) is 5.56 Å². The topological polar surface area (TPSA) is 151 Å². The molecule has 0 spiro atoms. The Balaban J connectivity index is 1.74. The van der Waals surface area contributed by atoms with Crippen molar-refractivity contribution in [1.82, 2.24) is 15.5 Å². The Morgan fingerprint density at radius 3 is 2.45 bits per heavy atom. The van der Waals surface area contributed by atoms with Crippen LogP contribution in [-0.2, 0) is 20.8 Å². The number of nitrogens with one attached hydrogen (secondary N) is 2. The van der Waals surface area contributed by atoms with Gasteiger partial charge in [0, 0.05) is 18.2 Å². The third-order valence-electron chi connectivity index (χ3n) is 6.04. The van der Waals surface area contributed by atoms with Gasteiger partial charge in [0.25, 0.3) is 11.8 Å². The number of nitrogens with zero attached hydrogens (tertiary/aromatic N) is 2. The number of benzene rings is 2. The van der Waals surface area contributed by atoms with Crippen LogP contribution in [-0.4, -0.2) is 69.5 Å². The molecule has 2 aromatic carbocycles. The predicted octanol–water partition coefficient (Wildman–Crippen LogP) is 1.97. The molecular weight excluding hydrogens is 492 g/mol. The molecule has 0 unspecified atom stereocenters. The van der Waals surface area contributed by atoms with Crippen LogP contribution in [0.5, 0.6) is 5.75 Å². The molecule has 1 heterocycles. The summed E-state index contributed by atoms with van der Waals surface area (Å²) in [4.78, 5) is 50.9. The molecule has 11 heteroatoms. The van der Waals surface area contributed by atoms with E-state index in [1.807, 2.05) is 26.8 Å². The van der Waals surface area contributed by atoms with E-state index in [1.165, 1.54) is 23.1 Å². The summed E-state index contributed by atoms with van der Waals surface area (Å²) in [7, 11) is 0. The number of aliphatic hydroxyl groups is 1. The normalized spacial score (nSPS) is 16.8. The molecule has 0 bridgehead atoms. The molecule has 38 heavy (non-hydrogen) atoms. The van der Waals surface area contributed by atoms with Crippen molar-refractivity contribution >= 4 is 23.4 Å². The van der Waals surface area contributed by atoms with Gasteiger partial charge in [-0.2, -0.15) is 0 Å². The number of amides is 3. The van der Waals surface area contributed by atoms with Crippen molar-refractivity contribution in [2.24, 2.45) is 0 Å². The zero-order valence-corrected chi connectivity index (χ0v) is 21.8. The molecule has 1 saturated heterocycles. The Bertz CT molecular complexity index is 1150. The van der Waals surface area contributed by atoms with Gasteiger partial charge in [-0.3, -0.25) is 24.5 Å². The molecule has 1 aliphatic rings. The lowest BCUT2D eigenvalue weighted by Crippen LogP contribution is -2.57. The van der Waals surface area contributed by atoms with E-state index in [0.29, 0.717) is 19.4 Å². The van der Waals surface area contributed by atoms with Crippen molar-refractivity contribution < 1.29 is 29.2 Å². The lowest BCUT2D eigenvalue weighted by molar-refractivity contribution is -0.385. The van der Waals surface area contributed by atoms with Gasteiger partial charge in [0.05, 0.1) is 11.0 Å². The van der Waals surface area contributed by atoms with Crippen molar-refractivity contribution in [3.05, 3.63) is 70.3 Å². The first-order valence-electron chi connectivity index (χ1n) is 12.5. The van der Waals surface area contributed by atoms with Crippen LogP contribution >= 0.6 is 0 Å². The standard InChI is InChI=1S/C27H34N4O7/c1-27(2,3)29-25(34)21-13-9-15-30(21)26(35)24(33)19(16-18-10-5-4-6-11-18)28-23(32)17-38-22-14-8-7-12-20(22)31(36)37/h4-8,10-12,14,19,21,24,33H,9,13,15-17H2,1-3H3,(H,28,32)(H,29,34)/t19-,21-,24-/m0/s1. The van der Waals surface area contributed by atoms with Crippen molar-refractivity contribution in [2.45, 2.75) is 63.8 Å². The Morgan fingerprint density at radius 2 is 1.79 bits per heavy atom. The van der Waals surface area contributed by atoms with Crippen molar-refractivity contribution in [3.63, 3.8) is 0 Å². The molecular formula is C27H34N4O7. The van der Waals surface area contributed by atoms with E-state index >= 15 is 0 Å². The van der Waals surface area contributed by atoms with E-state index in [9.17, 15) is 29.6 Å². The second-order valence-electron chi connectivity index (χ2n) is 10.3. The Kier molecular flexibility index (Phi) is 9.40. The van der Waals surface area contributed by atoms with Gasteiger partial charge in [-0.05, 0) is 51.7 Å². The monoisotopic (exact) mass is 526 g/mol. The zero-order chi connectivity index (χ0) is 27.9. The van der Waals surface area contributed by atoms with Crippen LogP contribution < -0.4 is 15.4 Å². The van der Waals surface area contributed by atoms with E-state index < -0.39 is 47.1 Å². The molecule has 3 amide bonds. The highest BCUT2D eigenvalue weighted by Gasteiger charge is 2.40. The maximum absolute atomic E-state index is 13.4. The smallest absolute Gasteiger partial charge is 0.310 e. The lowest BCUT2D eigenvalue weighted by atomic mass is 9.99. The Labute approximate surface area is 221 Å². The molecule has 2 aromatic rings. The molecule has 0 aromatic heterocycles. The van der Waals surface area contributed by atoms with E-state index in [1.54, 1.807) is 30.3 Å². The zero-order valence-electron chi connectivity index (χ0n) is 21.8. The van der Waals surface area contributed by atoms with Gasteiger partial charge < -0.3 is 25.4 Å². The van der Waals surface area contributed by atoms with Gasteiger partial charge in [0.15, 0.2) is 18.5 Å². The second kappa shape index (κ2) is 12.5. The predicted molar refractivity (Wildman–Crippen MR) is 139 cm³/mol. The molecule has 204 valence electrons. The number of nitro benzene ring substituents is 1. The lowest BCUT2D eigenvalue weighted by Gasteiger charge is -2.32. The molecule has 3 N–H and O–H groups in total. The summed E-state index contributed by atoms with van der Waals surface area (Å²) in [6, 6.07) is 12.9. The van der Waals surface area contributed by atoms with Crippen molar-refractivity contribution in [1.29, 1.82) is 0 Å². The molecule has 1 aliphatic heterocycles. The average molecular weight is 527 g/mol. The minimum Gasteiger partial charge on any atom is -0.477 e. The average Bonchev–Trinajstić information content (AvgIpc) is 3.36. The number of carbonyl (C=O) groups excluding carboxylic acids is 3. The quantitative estimate of drug-likeness (QED) is 0.316. The molecule has 3 rings (SSSR count). The number of hydrogen-bond acceptors (Lipinski definition) is 7. The molecule has 0 radical (unpaired) electrons. The number of hydrogen-bond donors (Lipinski definition) is 3. The van der Waals surface area contributed by atoms with Gasteiger partial charge in [0.2, 0.25) is 5.91 Å². The Hall–Kier alpha value is -3.99. The molecule has 0 saturated carbocycles. The summed E-state index contributed by atoms with van der Waals surface area (Å²) in [6.45, 7) is 5.29. The first-order valence-corrected chi connectivity index (χ1v) is 12.5. The van der Waals surface area contributed by atoms with Crippen LogP contribution in [0.15, 0.2) is 54.6 Å². The van der Waals surface area contributed by atoms with Gasteiger partial charge in [-0.15, -0.1) is 0 Å². The largest absolute Gasteiger partial charge is 0.477 e. The fraction of sp³-hybridized carbons (Fsp3) is 0.444. The van der Waals surface area contributed by atoms with E-state index in [-0.39, 0.29) is 23.8 Å². The van der Waals surface area contributed by atoms with E-state index in [2.05, 4.69) is 10.6 Å². The second-order valence-corrected chi connectivity index (χ2v) is 10.3. The highest BCUT2D eigenvalue weighted by atomic mass is 16.6. The summed E-state index contributed by atoms with van der Waals surface area (Å²) in [5, 5.41) is 27.8. The van der Waals surface area contributed by atoms with Crippen LogP contribution in [0.1, 0.15) is 39.2 Å². The van der Waals surface area contributed by atoms with Crippen molar-refractivity contribution in [2.75, 3.05) is 13.2 Å². The molecule has 0 aliphatic carbocycles. The van der Waals surface area contributed by atoms with Gasteiger partial charge in [0.1, 0.15) is 6.04 Å². The molecule has 1 fully saturated rings. The van der Waals surface area contributed by atoms with Crippen molar-refractivity contribution in [3.8, 4) is 5.75 Å². The fourth-order valence-corrected chi connectivity index (χ4v) is 4.33. The van der Waals surface area contributed by atoms with Crippen LogP contribution in [0.3, 0.4) is 0 Å². The number of carbonyl (C=O) groups is 3. The summed E-state index contributed by atoms with van der Waals surface area (Å²) >= 11 is 0. The molecule has 11 nitrogen and oxygen atoms in total. The molecule has 3 atom stereocenters. The number of likely N-dealkylation sites (tertiary alicyclic amines) is 1. The summed E-state index contributed by atoms with van der Waals surface area (Å²) in [6.07, 6.45) is -0.411. The van der Waals surface area contributed by atoms with Crippen LogP contribution in [0.25, 0.3) is 0 Å². The SMILES string of the molecule is CC(C)(C)NC(=O)[C@@H]1CCCN1C(=O)[C@@H](O)[C@H](Cc1ccccc1)NC(=O)COc1ccccc1[N+](=O)[O-]. The Morgan fingerprint density at radius 1 is 1.13 bits per heavy atom. The first kappa shape index (κ1) is 28.6. The van der Waals surface area contributed by atoms with Crippen LogP contribution in [0.4, 0.5) is 5.69 Å². The highest BCUT2D eigenvalue weighted by molar-refractivity contribution is 5.91. The first-order chi connectivity index (χ1) is 18.0. The van der Waals surface area contributed by atoms with Crippen LogP contribution in [0, 0.1) is 10.1 Å². The number of para-hydroxylation sites is 2. The van der Waals surface area contributed by atoms with Crippen LogP contribution in [0.2, 0.25) is 0 Å².